The molecule has 0 aromatic carbocycles. The monoisotopic (exact) mass is 250 g/mol. The van der Waals surface area contributed by atoms with Crippen molar-refractivity contribution in [1.29, 1.82) is 0 Å². The Labute approximate surface area is 88.5 Å². The number of rotatable bonds is 5. The maximum Gasteiger partial charge on any atom is 0.459 e. The molecule has 0 rings (SSSR count). The summed E-state index contributed by atoms with van der Waals surface area (Å²) in [4.78, 5) is 10.7. The van der Waals surface area contributed by atoms with E-state index < -0.39 is 30.1 Å². The summed E-state index contributed by atoms with van der Waals surface area (Å²) < 4.78 is 70.7. The van der Waals surface area contributed by atoms with E-state index in [4.69, 9.17) is 0 Å². The second kappa shape index (κ2) is 4.62. The van der Waals surface area contributed by atoms with Crippen LogP contribution >= 0.6 is 0 Å². The molecule has 0 heterocycles. The van der Waals surface area contributed by atoms with Crippen LogP contribution in [0.2, 0.25) is 0 Å². The van der Waals surface area contributed by atoms with E-state index in [1.54, 1.807) is 0 Å². The molecule has 0 aromatic heterocycles. The van der Waals surface area contributed by atoms with Gasteiger partial charge in [0, 0.05) is 14.2 Å². The number of carbonyl (C=O) groups excluding carboxylic acids is 1. The van der Waals surface area contributed by atoms with Gasteiger partial charge in [-0.1, -0.05) is 0 Å². The number of ketones is 1. The summed E-state index contributed by atoms with van der Waals surface area (Å²) in [5.41, 5.74) is 0. The largest absolute Gasteiger partial charge is 0.459 e. The van der Waals surface area contributed by atoms with Crippen LogP contribution in [0.25, 0.3) is 0 Å². The van der Waals surface area contributed by atoms with Gasteiger partial charge in [-0.05, 0) is 6.92 Å². The number of ether oxygens (including phenoxy) is 2. The molecule has 3 nitrogen and oxygen atoms in total. The number of hydrogen-bond donors (Lipinski definition) is 0. The fraction of sp³-hybridized carbons (Fsp3) is 0.875. The Morgan fingerprint density at radius 2 is 1.44 bits per heavy atom. The van der Waals surface area contributed by atoms with E-state index >= 15 is 0 Å². The van der Waals surface area contributed by atoms with Crippen LogP contribution in [-0.4, -0.2) is 37.9 Å². The average molecular weight is 250 g/mol. The molecule has 0 atom stereocenters. The molecule has 0 spiro atoms. The lowest BCUT2D eigenvalue weighted by atomic mass is 10.0. The molecule has 0 unspecified atom stereocenters. The van der Waals surface area contributed by atoms with E-state index in [1.165, 1.54) is 0 Å². The topological polar surface area (TPSA) is 35.5 Å². The zero-order valence-electron chi connectivity index (χ0n) is 8.82. The van der Waals surface area contributed by atoms with Gasteiger partial charge < -0.3 is 9.47 Å². The molecule has 0 bridgehead atoms. The SMILES string of the molecule is COC(CC(C)=O)(OC)C(F)(F)C(F)(F)F. The zero-order chi connectivity index (χ0) is 13.2. The minimum Gasteiger partial charge on any atom is -0.348 e. The van der Waals surface area contributed by atoms with Crippen molar-refractivity contribution in [3.63, 3.8) is 0 Å². The summed E-state index contributed by atoms with van der Waals surface area (Å²) in [7, 11) is 1.23. The molecule has 0 radical (unpaired) electrons. The minimum absolute atomic E-state index is 0.617. The maximum absolute atomic E-state index is 13.1. The summed E-state index contributed by atoms with van der Waals surface area (Å²) in [6.45, 7) is 0.860. The summed E-state index contributed by atoms with van der Waals surface area (Å²) in [5, 5.41) is 0. The standard InChI is InChI=1S/C8H11F5O3/c1-5(14)4-6(15-2,16-3)7(9,10)8(11,12)13/h4H2,1-3H3. The molecule has 0 amide bonds. The molecule has 0 aliphatic heterocycles. The lowest BCUT2D eigenvalue weighted by Gasteiger charge is -2.37. The molecule has 96 valence electrons. The van der Waals surface area contributed by atoms with Gasteiger partial charge in [-0.15, -0.1) is 0 Å². The highest BCUT2D eigenvalue weighted by atomic mass is 19.4. The van der Waals surface area contributed by atoms with E-state index in [2.05, 4.69) is 9.47 Å². The third kappa shape index (κ3) is 2.49. The van der Waals surface area contributed by atoms with Gasteiger partial charge >= 0.3 is 12.1 Å². The van der Waals surface area contributed by atoms with E-state index in [0.29, 0.717) is 14.2 Å². The fourth-order valence-electron chi connectivity index (χ4n) is 1.14. The minimum atomic E-state index is -5.87. The van der Waals surface area contributed by atoms with Crippen molar-refractivity contribution in [2.75, 3.05) is 14.2 Å². The van der Waals surface area contributed by atoms with Crippen LogP contribution in [0.4, 0.5) is 22.0 Å². The van der Waals surface area contributed by atoms with Crippen molar-refractivity contribution in [2.24, 2.45) is 0 Å². The van der Waals surface area contributed by atoms with Gasteiger partial charge in [0.1, 0.15) is 5.78 Å². The quantitative estimate of drug-likeness (QED) is 0.554. The third-order valence-corrected chi connectivity index (χ3v) is 1.98. The zero-order valence-corrected chi connectivity index (χ0v) is 8.82. The van der Waals surface area contributed by atoms with Gasteiger partial charge in [0.15, 0.2) is 0 Å². The first-order valence-corrected chi connectivity index (χ1v) is 4.08. The predicted octanol–water partition coefficient (Wildman–Crippen LogP) is 2.15. The molecule has 16 heavy (non-hydrogen) atoms. The maximum atomic E-state index is 13.1. The van der Waals surface area contributed by atoms with Gasteiger partial charge in [0.05, 0.1) is 6.42 Å². The van der Waals surface area contributed by atoms with Crippen LogP contribution in [0.5, 0.6) is 0 Å². The highest BCUT2D eigenvalue weighted by molar-refractivity contribution is 5.76. The first kappa shape index (κ1) is 15.2. The van der Waals surface area contributed by atoms with Crippen LogP contribution < -0.4 is 0 Å². The van der Waals surface area contributed by atoms with Crippen LogP contribution in [0.15, 0.2) is 0 Å². The van der Waals surface area contributed by atoms with Crippen LogP contribution in [0, 0.1) is 0 Å². The first-order valence-electron chi connectivity index (χ1n) is 4.08. The molecule has 0 saturated heterocycles. The molecule has 0 aliphatic rings. The summed E-state index contributed by atoms with van der Waals surface area (Å²) in [6, 6.07) is 0. The van der Waals surface area contributed by atoms with E-state index in [1.807, 2.05) is 0 Å². The molecule has 0 aliphatic carbocycles. The van der Waals surface area contributed by atoms with Crippen molar-refractivity contribution >= 4 is 5.78 Å². The Morgan fingerprint density at radius 1 is 1.06 bits per heavy atom. The van der Waals surface area contributed by atoms with Crippen LogP contribution in [0.3, 0.4) is 0 Å². The van der Waals surface area contributed by atoms with Crippen molar-refractivity contribution in [1.82, 2.24) is 0 Å². The predicted molar refractivity (Wildman–Crippen MR) is 43.0 cm³/mol. The smallest absolute Gasteiger partial charge is 0.348 e. The molecule has 0 aromatic rings. The normalized spacial score (nSPS) is 14.0. The van der Waals surface area contributed by atoms with E-state index in [0.717, 1.165) is 6.92 Å². The Kier molecular flexibility index (Phi) is 4.40. The highest BCUT2D eigenvalue weighted by Gasteiger charge is 2.72. The number of Topliss-reactive ketones (excluding diaryl/α,β-unsaturated/α-hetero) is 1. The summed E-state index contributed by atoms with van der Waals surface area (Å²) >= 11 is 0. The highest BCUT2D eigenvalue weighted by Crippen LogP contribution is 2.47. The molecular weight excluding hydrogens is 239 g/mol. The van der Waals surface area contributed by atoms with E-state index in [-0.39, 0.29) is 0 Å². The number of carbonyl (C=O) groups is 1. The van der Waals surface area contributed by atoms with Crippen molar-refractivity contribution in [3.05, 3.63) is 0 Å². The fourth-order valence-corrected chi connectivity index (χ4v) is 1.14. The van der Waals surface area contributed by atoms with Crippen LogP contribution in [0.1, 0.15) is 13.3 Å². The van der Waals surface area contributed by atoms with Gasteiger partial charge in [0.25, 0.3) is 0 Å². The molecule has 8 heteroatoms. The Morgan fingerprint density at radius 3 is 1.62 bits per heavy atom. The van der Waals surface area contributed by atoms with Gasteiger partial charge in [-0.2, -0.15) is 22.0 Å². The Balaban J connectivity index is 5.41. The molecule has 0 N–H and O–H groups in total. The number of methoxy groups -OCH3 is 2. The van der Waals surface area contributed by atoms with E-state index in [9.17, 15) is 26.7 Å². The third-order valence-electron chi connectivity index (χ3n) is 1.98. The lowest BCUT2D eigenvalue weighted by molar-refractivity contribution is -0.404. The summed E-state index contributed by atoms with van der Waals surface area (Å²) in [5.74, 6) is -9.51. The van der Waals surface area contributed by atoms with Crippen molar-refractivity contribution < 1.29 is 36.2 Å². The molecule has 0 fully saturated rings. The Hall–Kier alpha value is -0.760. The molecule has 0 saturated carbocycles. The van der Waals surface area contributed by atoms with Crippen molar-refractivity contribution in [2.45, 2.75) is 31.2 Å². The van der Waals surface area contributed by atoms with Crippen LogP contribution in [-0.2, 0) is 14.3 Å². The van der Waals surface area contributed by atoms with Gasteiger partial charge in [-0.25, -0.2) is 0 Å². The second-order valence-electron chi connectivity index (χ2n) is 3.11. The lowest BCUT2D eigenvalue weighted by Crippen LogP contribution is -2.60. The number of hydrogen-bond acceptors (Lipinski definition) is 3. The van der Waals surface area contributed by atoms with Crippen molar-refractivity contribution in [3.8, 4) is 0 Å². The number of halogens is 5. The molecular formula is C8H11F5O3. The number of alkyl halides is 5. The van der Waals surface area contributed by atoms with Gasteiger partial charge in [-0.3, -0.25) is 4.79 Å². The average Bonchev–Trinajstić information content (AvgIpc) is 2.11. The van der Waals surface area contributed by atoms with Gasteiger partial charge in [0.2, 0.25) is 5.79 Å². The summed E-state index contributed by atoms with van der Waals surface area (Å²) in [6.07, 6.45) is -7.07. The second-order valence-corrected chi connectivity index (χ2v) is 3.11. The first-order chi connectivity index (χ1) is 7.04. The Bertz CT molecular complexity index is 257.